The minimum atomic E-state index is -0.273. The number of hydrogen-bond acceptors (Lipinski definition) is 3. The lowest BCUT2D eigenvalue weighted by Crippen LogP contribution is -2.35. The summed E-state index contributed by atoms with van der Waals surface area (Å²) in [5.74, 6) is 0.285. The van der Waals surface area contributed by atoms with Gasteiger partial charge in [0.15, 0.2) is 0 Å². The van der Waals surface area contributed by atoms with E-state index in [1.54, 1.807) is 0 Å². The van der Waals surface area contributed by atoms with Gasteiger partial charge in [-0.25, -0.2) is 0 Å². The second-order valence-corrected chi connectivity index (χ2v) is 5.61. The van der Waals surface area contributed by atoms with E-state index in [0.29, 0.717) is 0 Å². The maximum atomic E-state index is 8.69. The summed E-state index contributed by atoms with van der Waals surface area (Å²) in [7, 11) is 0. The quantitative estimate of drug-likeness (QED) is 0.232. The Labute approximate surface area is 115 Å². The summed E-state index contributed by atoms with van der Waals surface area (Å²) < 4.78 is 0. The maximum absolute atomic E-state index is 8.69. The number of rotatable bonds is 7. The SMILES string of the molecule is Cc1cccc(CCNCCC(C)(C)C(N)=NO)c1. The first-order valence-corrected chi connectivity index (χ1v) is 6.70. The molecule has 19 heavy (non-hydrogen) atoms. The number of aryl methyl sites for hydroxylation is 1. The third-order valence-corrected chi connectivity index (χ3v) is 3.40. The number of nitrogens with one attached hydrogen (secondary N) is 1. The fourth-order valence-electron chi connectivity index (χ4n) is 1.89. The van der Waals surface area contributed by atoms with E-state index < -0.39 is 0 Å². The highest BCUT2D eigenvalue weighted by atomic mass is 16.4. The molecule has 0 saturated heterocycles. The molecule has 0 radical (unpaired) electrons. The fourth-order valence-corrected chi connectivity index (χ4v) is 1.89. The Morgan fingerprint density at radius 2 is 2.11 bits per heavy atom. The number of nitrogens with zero attached hydrogens (tertiary/aromatic N) is 1. The molecule has 0 unspecified atom stereocenters. The Balaban J connectivity index is 2.25. The normalized spacial score (nSPS) is 12.7. The highest BCUT2D eigenvalue weighted by molar-refractivity contribution is 5.85. The van der Waals surface area contributed by atoms with Crippen LogP contribution in [0.4, 0.5) is 0 Å². The molecule has 106 valence electrons. The van der Waals surface area contributed by atoms with Crippen molar-refractivity contribution in [1.29, 1.82) is 0 Å². The van der Waals surface area contributed by atoms with Crippen LogP contribution in [0.25, 0.3) is 0 Å². The molecule has 0 spiro atoms. The molecule has 0 heterocycles. The van der Waals surface area contributed by atoms with Gasteiger partial charge in [0, 0.05) is 5.41 Å². The zero-order chi connectivity index (χ0) is 14.3. The zero-order valence-corrected chi connectivity index (χ0v) is 12.1. The molecule has 0 amide bonds. The van der Waals surface area contributed by atoms with Gasteiger partial charge < -0.3 is 16.3 Å². The number of benzene rings is 1. The van der Waals surface area contributed by atoms with Crippen molar-refractivity contribution in [2.45, 2.75) is 33.6 Å². The lowest BCUT2D eigenvalue weighted by Gasteiger charge is -2.22. The third-order valence-electron chi connectivity index (χ3n) is 3.40. The van der Waals surface area contributed by atoms with Gasteiger partial charge in [-0.3, -0.25) is 0 Å². The van der Waals surface area contributed by atoms with Gasteiger partial charge in [-0.05, 0) is 38.4 Å². The summed E-state index contributed by atoms with van der Waals surface area (Å²) in [6, 6.07) is 8.56. The Bertz CT molecular complexity index is 427. The van der Waals surface area contributed by atoms with E-state index >= 15 is 0 Å². The van der Waals surface area contributed by atoms with Gasteiger partial charge in [0.1, 0.15) is 5.84 Å². The van der Waals surface area contributed by atoms with Crippen molar-refractivity contribution in [1.82, 2.24) is 5.32 Å². The lowest BCUT2D eigenvalue weighted by molar-refractivity contribution is 0.305. The Morgan fingerprint density at radius 3 is 2.74 bits per heavy atom. The molecule has 0 bridgehead atoms. The van der Waals surface area contributed by atoms with Crippen LogP contribution in [0.5, 0.6) is 0 Å². The van der Waals surface area contributed by atoms with Crippen molar-refractivity contribution >= 4 is 5.84 Å². The van der Waals surface area contributed by atoms with Crippen LogP contribution in [0.1, 0.15) is 31.4 Å². The summed E-state index contributed by atoms with van der Waals surface area (Å²) in [6.07, 6.45) is 1.86. The minimum Gasteiger partial charge on any atom is -0.409 e. The number of oxime groups is 1. The molecule has 1 aromatic rings. The largest absolute Gasteiger partial charge is 0.409 e. The van der Waals surface area contributed by atoms with E-state index in [1.807, 2.05) is 13.8 Å². The Morgan fingerprint density at radius 1 is 1.37 bits per heavy atom. The van der Waals surface area contributed by atoms with E-state index in [2.05, 4.69) is 41.7 Å². The Hall–Kier alpha value is -1.55. The monoisotopic (exact) mass is 263 g/mol. The fraction of sp³-hybridized carbons (Fsp3) is 0.533. The minimum absolute atomic E-state index is 0.273. The molecule has 1 aromatic carbocycles. The predicted molar refractivity (Wildman–Crippen MR) is 79.6 cm³/mol. The van der Waals surface area contributed by atoms with E-state index in [0.717, 1.165) is 25.9 Å². The van der Waals surface area contributed by atoms with Crippen LogP contribution in [0.15, 0.2) is 29.4 Å². The van der Waals surface area contributed by atoms with Gasteiger partial charge in [-0.15, -0.1) is 0 Å². The third kappa shape index (κ3) is 5.30. The first kappa shape index (κ1) is 15.5. The lowest BCUT2D eigenvalue weighted by atomic mass is 9.88. The van der Waals surface area contributed by atoms with E-state index in [-0.39, 0.29) is 11.3 Å². The molecule has 4 N–H and O–H groups in total. The van der Waals surface area contributed by atoms with Gasteiger partial charge >= 0.3 is 0 Å². The van der Waals surface area contributed by atoms with Gasteiger partial charge in [-0.2, -0.15) is 0 Å². The molecular weight excluding hydrogens is 238 g/mol. The summed E-state index contributed by atoms with van der Waals surface area (Å²) >= 11 is 0. The smallest absolute Gasteiger partial charge is 0.144 e. The van der Waals surface area contributed by atoms with Crippen molar-refractivity contribution in [2.24, 2.45) is 16.3 Å². The van der Waals surface area contributed by atoms with Crippen LogP contribution in [-0.2, 0) is 6.42 Å². The van der Waals surface area contributed by atoms with Crippen LogP contribution < -0.4 is 11.1 Å². The molecule has 0 aliphatic rings. The molecule has 0 fully saturated rings. The zero-order valence-electron chi connectivity index (χ0n) is 12.1. The van der Waals surface area contributed by atoms with Gasteiger partial charge in [0.05, 0.1) is 0 Å². The van der Waals surface area contributed by atoms with Crippen molar-refractivity contribution in [3.05, 3.63) is 35.4 Å². The van der Waals surface area contributed by atoms with Gasteiger partial charge in [-0.1, -0.05) is 48.8 Å². The molecule has 0 aliphatic heterocycles. The number of nitrogens with two attached hydrogens (primary N) is 1. The standard InChI is InChI=1S/C15H25N3O/c1-12-5-4-6-13(11-12)7-9-17-10-8-15(2,3)14(16)18-19/h4-6,11,17,19H,7-10H2,1-3H3,(H2,16,18). The molecular formula is C15H25N3O. The van der Waals surface area contributed by atoms with Crippen LogP contribution in [0, 0.1) is 12.3 Å². The molecule has 4 nitrogen and oxygen atoms in total. The molecule has 0 aliphatic carbocycles. The summed E-state index contributed by atoms with van der Waals surface area (Å²) in [5, 5.41) is 15.2. The summed E-state index contributed by atoms with van der Waals surface area (Å²) in [5.41, 5.74) is 8.02. The van der Waals surface area contributed by atoms with Crippen molar-refractivity contribution in [3.63, 3.8) is 0 Å². The second-order valence-electron chi connectivity index (χ2n) is 5.61. The van der Waals surface area contributed by atoms with Gasteiger partial charge in [0.2, 0.25) is 0 Å². The van der Waals surface area contributed by atoms with E-state index in [4.69, 9.17) is 10.9 Å². The first-order valence-electron chi connectivity index (χ1n) is 6.70. The topological polar surface area (TPSA) is 70.6 Å². The van der Waals surface area contributed by atoms with Crippen molar-refractivity contribution in [2.75, 3.05) is 13.1 Å². The average molecular weight is 263 g/mol. The van der Waals surface area contributed by atoms with Crippen LogP contribution in [0.2, 0.25) is 0 Å². The molecule has 1 rings (SSSR count). The highest BCUT2D eigenvalue weighted by Crippen LogP contribution is 2.19. The van der Waals surface area contributed by atoms with Crippen LogP contribution >= 0.6 is 0 Å². The molecule has 4 heteroatoms. The van der Waals surface area contributed by atoms with E-state index in [1.165, 1.54) is 11.1 Å². The number of amidine groups is 1. The van der Waals surface area contributed by atoms with Crippen molar-refractivity contribution < 1.29 is 5.21 Å². The van der Waals surface area contributed by atoms with E-state index in [9.17, 15) is 0 Å². The molecule has 0 aromatic heterocycles. The number of hydrogen-bond donors (Lipinski definition) is 3. The predicted octanol–water partition coefficient (Wildman–Crippen LogP) is 2.29. The average Bonchev–Trinajstić information content (AvgIpc) is 2.37. The second kappa shape index (κ2) is 7.14. The Kier molecular flexibility index (Phi) is 5.83. The maximum Gasteiger partial charge on any atom is 0.144 e. The summed E-state index contributed by atoms with van der Waals surface area (Å²) in [4.78, 5) is 0. The summed E-state index contributed by atoms with van der Waals surface area (Å²) in [6.45, 7) is 7.86. The molecule has 0 saturated carbocycles. The van der Waals surface area contributed by atoms with Crippen LogP contribution in [-0.4, -0.2) is 24.1 Å². The van der Waals surface area contributed by atoms with Crippen LogP contribution in [0.3, 0.4) is 0 Å². The van der Waals surface area contributed by atoms with Crippen molar-refractivity contribution in [3.8, 4) is 0 Å². The highest BCUT2D eigenvalue weighted by Gasteiger charge is 2.22. The first-order chi connectivity index (χ1) is 8.95. The molecule has 0 atom stereocenters. The van der Waals surface area contributed by atoms with Gasteiger partial charge in [0.25, 0.3) is 0 Å².